The second-order valence-electron chi connectivity index (χ2n) is 6.56. The van der Waals surface area contributed by atoms with Gasteiger partial charge in [0.15, 0.2) is 11.5 Å². The highest BCUT2D eigenvalue weighted by atomic mass is 32.2. The third kappa shape index (κ3) is 5.93. The van der Waals surface area contributed by atoms with Gasteiger partial charge >= 0.3 is 5.97 Å². The molecule has 0 fully saturated rings. The average Bonchev–Trinajstić information content (AvgIpc) is 2.76. The molecule has 3 rings (SSSR count). The lowest BCUT2D eigenvalue weighted by Crippen LogP contribution is -2.18. The van der Waals surface area contributed by atoms with E-state index in [0.29, 0.717) is 23.5 Å². The number of benzene rings is 3. The van der Waals surface area contributed by atoms with Crippen LogP contribution < -0.4 is 14.3 Å². The number of ether oxygens (including phenoxy) is 2. The van der Waals surface area contributed by atoms with Gasteiger partial charge in [0.25, 0.3) is 10.0 Å². The van der Waals surface area contributed by atoms with Gasteiger partial charge in [-0.05, 0) is 61.9 Å². The first-order valence-corrected chi connectivity index (χ1v) is 11.0. The summed E-state index contributed by atoms with van der Waals surface area (Å²) < 4.78 is 35.5. The largest absolute Gasteiger partial charge is 0.490 e. The first kappa shape index (κ1) is 22.0. The first-order valence-electron chi connectivity index (χ1n) is 9.54. The standard InChI is InChI=1S/C23H22N2O5S/c1-3-29-22-15-18(16-24-25-31(27,28)20-7-5-4-6-8-20)11-14-21(22)30-23(26)19-12-9-17(2)10-13-19/h4-16,25H,3H2,1-2H3/b24-16-. The van der Waals surface area contributed by atoms with Crippen molar-refractivity contribution in [2.24, 2.45) is 5.10 Å². The highest BCUT2D eigenvalue weighted by molar-refractivity contribution is 7.89. The smallest absolute Gasteiger partial charge is 0.343 e. The van der Waals surface area contributed by atoms with E-state index < -0.39 is 16.0 Å². The highest BCUT2D eigenvalue weighted by Crippen LogP contribution is 2.29. The zero-order valence-electron chi connectivity index (χ0n) is 17.1. The Bertz CT molecular complexity index is 1170. The number of nitrogens with zero attached hydrogens (tertiary/aromatic N) is 1. The van der Waals surface area contributed by atoms with Crippen molar-refractivity contribution in [1.82, 2.24) is 4.83 Å². The quantitative estimate of drug-likeness (QED) is 0.249. The minimum absolute atomic E-state index is 0.112. The summed E-state index contributed by atoms with van der Waals surface area (Å²) in [5, 5.41) is 3.81. The van der Waals surface area contributed by atoms with Crippen LogP contribution in [0.5, 0.6) is 11.5 Å². The maximum atomic E-state index is 12.4. The lowest BCUT2D eigenvalue weighted by atomic mass is 10.1. The normalized spacial score (nSPS) is 11.3. The number of aryl methyl sites for hydroxylation is 1. The predicted octanol–water partition coefficient (Wildman–Crippen LogP) is 3.93. The molecule has 0 aliphatic carbocycles. The molecule has 0 saturated carbocycles. The van der Waals surface area contributed by atoms with Crippen LogP contribution in [0.2, 0.25) is 0 Å². The van der Waals surface area contributed by atoms with Crippen LogP contribution in [0.4, 0.5) is 0 Å². The number of rotatable bonds is 8. The van der Waals surface area contributed by atoms with Crippen molar-refractivity contribution in [2.45, 2.75) is 18.7 Å². The summed E-state index contributed by atoms with van der Waals surface area (Å²) in [5.41, 5.74) is 2.03. The van der Waals surface area contributed by atoms with Crippen LogP contribution in [-0.4, -0.2) is 27.2 Å². The van der Waals surface area contributed by atoms with E-state index in [4.69, 9.17) is 9.47 Å². The van der Waals surface area contributed by atoms with Gasteiger partial charge in [-0.3, -0.25) is 0 Å². The Morgan fingerprint density at radius 2 is 1.71 bits per heavy atom. The summed E-state index contributed by atoms with van der Waals surface area (Å²) in [7, 11) is -3.76. The van der Waals surface area contributed by atoms with Gasteiger partial charge < -0.3 is 9.47 Å². The molecule has 3 aromatic carbocycles. The fourth-order valence-corrected chi connectivity index (χ4v) is 3.44. The monoisotopic (exact) mass is 438 g/mol. The molecule has 3 aromatic rings. The Morgan fingerprint density at radius 1 is 1.00 bits per heavy atom. The summed E-state index contributed by atoms with van der Waals surface area (Å²) in [5.74, 6) is 0.102. The maximum Gasteiger partial charge on any atom is 0.343 e. The molecule has 0 saturated heterocycles. The molecule has 1 N–H and O–H groups in total. The summed E-state index contributed by atoms with van der Waals surface area (Å²) in [4.78, 5) is 14.7. The predicted molar refractivity (Wildman–Crippen MR) is 118 cm³/mol. The van der Waals surface area contributed by atoms with Crippen LogP contribution in [0.3, 0.4) is 0 Å². The molecule has 31 heavy (non-hydrogen) atoms. The molecule has 160 valence electrons. The molecule has 0 atom stereocenters. The summed E-state index contributed by atoms with van der Waals surface area (Å²) in [6.07, 6.45) is 1.34. The number of sulfonamides is 1. The van der Waals surface area contributed by atoms with Gasteiger partial charge in [0, 0.05) is 0 Å². The topological polar surface area (TPSA) is 94.1 Å². The molecule has 0 aliphatic heterocycles. The number of hydrogen-bond acceptors (Lipinski definition) is 6. The van der Waals surface area contributed by atoms with Crippen LogP contribution in [0.1, 0.15) is 28.4 Å². The van der Waals surface area contributed by atoms with Crippen LogP contribution in [0.15, 0.2) is 82.8 Å². The number of esters is 1. The van der Waals surface area contributed by atoms with Crippen LogP contribution in [-0.2, 0) is 10.0 Å². The Balaban J connectivity index is 1.74. The number of nitrogens with one attached hydrogen (secondary N) is 1. The van der Waals surface area contributed by atoms with Crippen molar-refractivity contribution in [1.29, 1.82) is 0 Å². The molecule has 0 bridgehead atoms. The van der Waals surface area contributed by atoms with E-state index in [1.807, 2.05) is 19.1 Å². The second kappa shape index (κ2) is 9.90. The number of hydrazone groups is 1. The van der Waals surface area contributed by atoms with Gasteiger partial charge in [-0.25, -0.2) is 9.63 Å². The molecule has 0 heterocycles. The van der Waals surface area contributed by atoms with E-state index in [1.54, 1.807) is 55.5 Å². The van der Waals surface area contributed by atoms with Crippen molar-refractivity contribution in [2.75, 3.05) is 6.61 Å². The number of carbonyl (C=O) groups excluding carboxylic acids is 1. The van der Waals surface area contributed by atoms with E-state index in [9.17, 15) is 13.2 Å². The van der Waals surface area contributed by atoms with Crippen molar-refractivity contribution in [3.63, 3.8) is 0 Å². The van der Waals surface area contributed by atoms with E-state index in [0.717, 1.165) is 5.56 Å². The van der Waals surface area contributed by atoms with Gasteiger partial charge in [-0.15, -0.1) is 0 Å². The lowest BCUT2D eigenvalue weighted by molar-refractivity contribution is 0.0728. The molecular formula is C23H22N2O5S. The number of carbonyl (C=O) groups is 1. The van der Waals surface area contributed by atoms with Crippen molar-refractivity contribution in [3.8, 4) is 11.5 Å². The molecule has 0 spiro atoms. The molecule has 0 aliphatic rings. The molecule has 0 amide bonds. The molecular weight excluding hydrogens is 416 g/mol. The molecule has 0 unspecified atom stereocenters. The van der Waals surface area contributed by atoms with E-state index >= 15 is 0 Å². The van der Waals surface area contributed by atoms with Crippen LogP contribution >= 0.6 is 0 Å². The fourth-order valence-electron chi connectivity index (χ4n) is 2.63. The third-order valence-corrected chi connectivity index (χ3v) is 5.44. The second-order valence-corrected chi connectivity index (χ2v) is 8.22. The Hall–Kier alpha value is -3.65. The van der Waals surface area contributed by atoms with Gasteiger partial charge in [-0.1, -0.05) is 35.9 Å². The molecule has 7 nitrogen and oxygen atoms in total. The minimum atomic E-state index is -3.76. The fraction of sp³-hybridized carbons (Fsp3) is 0.130. The van der Waals surface area contributed by atoms with Crippen molar-refractivity contribution < 1.29 is 22.7 Å². The maximum absolute atomic E-state index is 12.4. The molecule has 0 radical (unpaired) electrons. The molecule has 8 heteroatoms. The van der Waals surface area contributed by atoms with Gasteiger partial charge in [0.2, 0.25) is 0 Å². The Kier molecular flexibility index (Phi) is 7.04. The zero-order valence-corrected chi connectivity index (χ0v) is 17.9. The SMILES string of the molecule is CCOc1cc(/C=N\NS(=O)(=O)c2ccccc2)ccc1OC(=O)c1ccc(C)cc1. The van der Waals surface area contributed by atoms with Crippen molar-refractivity contribution >= 4 is 22.2 Å². The summed E-state index contributed by atoms with van der Waals surface area (Å²) in [6.45, 7) is 4.10. The third-order valence-electron chi connectivity index (χ3n) is 4.20. The van der Waals surface area contributed by atoms with Crippen LogP contribution in [0.25, 0.3) is 0 Å². The first-order chi connectivity index (χ1) is 14.9. The van der Waals surface area contributed by atoms with Crippen molar-refractivity contribution in [3.05, 3.63) is 89.5 Å². The average molecular weight is 439 g/mol. The van der Waals surface area contributed by atoms with E-state index in [-0.39, 0.29) is 10.6 Å². The van der Waals surface area contributed by atoms with Gasteiger partial charge in [0.1, 0.15) is 0 Å². The summed E-state index contributed by atoms with van der Waals surface area (Å²) in [6, 6.07) is 19.8. The zero-order chi connectivity index (χ0) is 22.3. The molecule has 0 aromatic heterocycles. The van der Waals surface area contributed by atoms with Crippen LogP contribution in [0, 0.1) is 6.92 Å². The van der Waals surface area contributed by atoms with Gasteiger partial charge in [0.05, 0.1) is 23.3 Å². The Labute approximate surface area is 181 Å². The summed E-state index contributed by atoms with van der Waals surface area (Å²) >= 11 is 0. The number of hydrogen-bond donors (Lipinski definition) is 1. The van der Waals surface area contributed by atoms with E-state index in [1.165, 1.54) is 18.3 Å². The van der Waals surface area contributed by atoms with Gasteiger partial charge in [-0.2, -0.15) is 13.5 Å². The highest BCUT2D eigenvalue weighted by Gasteiger charge is 2.14. The lowest BCUT2D eigenvalue weighted by Gasteiger charge is -2.11. The van der Waals surface area contributed by atoms with E-state index in [2.05, 4.69) is 9.93 Å². The minimum Gasteiger partial charge on any atom is -0.490 e. The Morgan fingerprint density at radius 3 is 2.39 bits per heavy atom.